The van der Waals surface area contributed by atoms with Crippen LogP contribution < -0.4 is 5.32 Å². The Morgan fingerprint density at radius 2 is 1.95 bits per heavy atom. The van der Waals surface area contributed by atoms with Crippen LogP contribution in [0.25, 0.3) is 0 Å². The number of hydrogen-bond acceptors (Lipinski definition) is 1. The summed E-state index contributed by atoms with van der Waals surface area (Å²) in [6.45, 7) is 0.772. The molecule has 1 N–H and O–H groups in total. The number of halogens is 2. The highest BCUT2D eigenvalue weighted by Gasteiger charge is 2.17. The second kappa shape index (κ2) is 6.06. The van der Waals surface area contributed by atoms with Gasteiger partial charge in [-0.1, -0.05) is 46.3 Å². The average molecular weight is 334 g/mol. The minimum absolute atomic E-state index is 0.202. The Labute approximate surface area is 127 Å². The van der Waals surface area contributed by atoms with Gasteiger partial charge in [-0.2, -0.15) is 0 Å². The molecule has 1 unspecified atom stereocenters. The number of aryl methyl sites for hydroxylation is 1. The Bertz CT molecular complexity index is 612. The number of hydrogen-bond donors (Lipinski definition) is 1. The van der Waals surface area contributed by atoms with Crippen LogP contribution in [0.3, 0.4) is 0 Å². The summed E-state index contributed by atoms with van der Waals surface area (Å²) in [5.41, 5.74) is 4.04. The molecule has 0 saturated heterocycles. The van der Waals surface area contributed by atoms with Crippen molar-refractivity contribution >= 4 is 15.9 Å². The monoisotopic (exact) mass is 333 g/mol. The molecule has 0 fully saturated rings. The maximum Gasteiger partial charge on any atom is 0.124 e. The van der Waals surface area contributed by atoms with Crippen molar-refractivity contribution in [3.63, 3.8) is 0 Å². The van der Waals surface area contributed by atoms with Crippen LogP contribution in [-0.2, 0) is 19.4 Å². The van der Waals surface area contributed by atoms with Crippen LogP contribution in [0.4, 0.5) is 4.39 Å². The fourth-order valence-corrected chi connectivity index (χ4v) is 3.28. The summed E-state index contributed by atoms with van der Waals surface area (Å²) in [6, 6.07) is 14.0. The molecular weight excluding hydrogens is 317 g/mol. The van der Waals surface area contributed by atoms with Crippen molar-refractivity contribution in [3.05, 3.63) is 69.4 Å². The Morgan fingerprint density at radius 3 is 2.75 bits per heavy atom. The van der Waals surface area contributed by atoms with Gasteiger partial charge in [0, 0.05) is 17.1 Å². The van der Waals surface area contributed by atoms with Gasteiger partial charge in [-0.3, -0.25) is 0 Å². The van der Waals surface area contributed by atoms with Crippen LogP contribution in [0.5, 0.6) is 0 Å². The van der Waals surface area contributed by atoms with Crippen molar-refractivity contribution in [3.8, 4) is 0 Å². The van der Waals surface area contributed by atoms with E-state index in [0.717, 1.165) is 35.8 Å². The lowest BCUT2D eigenvalue weighted by Gasteiger charge is -2.25. The molecule has 104 valence electrons. The summed E-state index contributed by atoms with van der Waals surface area (Å²) < 4.78 is 13.9. The van der Waals surface area contributed by atoms with Gasteiger partial charge in [0.15, 0.2) is 0 Å². The lowest BCUT2D eigenvalue weighted by molar-refractivity contribution is 0.457. The van der Waals surface area contributed by atoms with Crippen molar-refractivity contribution in [2.75, 3.05) is 0 Å². The molecular formula is C17H17BrFN. The highest BCUT2D eigenvalue weighted by Crippen LogP contribution is 2.22. The van der Waals surface area contributed by atoms with Gasteiger partial charge in [0.05, 0.1) is 0 Å². The summed E-state index contributed by atoms with van der Waals surface area (Å²) in [5, 5.41) is 3.59. The summed E-state index contributed by atoms with van der Waals surface area (Å²) in [4.78, 5) is 0. The second-order valence-corrected chi connectivity index (χ2v) is 6.18. The average Bonchev–Trinajstić information content (AvgIpc) is 2.46. The van der Waals surface area contributed by atoms with E-state index >= 15 is 0 Å². The Morgan fingerprint density at radius 1 is 1.15 bits per heavy atom. The van der Waals surface area contributed by atoms with Crippen LogP contribution in [0.15, 0.2) is 46.9 Å². The largest absolute Gasteiger partial charge is 0.310 e. The first-order chi connectivity index (χ1) is 9.72. The van der Waals surface area contributed by atoms with E-state index in [-0.39, 0.29) is 5.82 Å². The zero-order valence-electron chi connectivity index (χ0n) is 11.2. The molecule has 0 spiro atoms. The quantitative estimate of drug-likeness (QED) is 0.886. The Hall–Kier alpha value is -1.19. The lowest BCUT2D eigenvalue weighted by Crippen LogP contribution is -2.34. The van der Waals surface area contributed by atoms with Crippen molar-refractivity contribution < 1.29 is 4.39 Å². The molecule has 0 saturated carbocycles. The molecule has 0 bridgehead atoms. The van der Waals surface area contributed by atoms with Gasteiger partial charge in [0.2, 0.25) is 0 Å². The first kappa shape index (κ1) is 13.8. The molecule has 0 amide bonds. The molecule has 20 heavy (non-hydrogen) atoms. The van der Waals surface area contributed by atoms with Gasteiger partial charge in [0.1, 0.15) is 5.82 Å². The summed E-state index contributed by atoms with van der Waals surface area (Å²) >= 11 is 3.42. The zero-order chi connectivity index (χ0) is 13.9. The predicted octanol–water partition coefficient (Wildman–Crippen LogP) is 4.24. The maximum absolute atomic E-state index is 13.1. The van der Waals surface area contributed by atoms with Gasteiger partial charge in [-0.15, -0.1) is 0 Å². The van der Waals surface area contributed by atoms with E-state index in [1.807, 2.05) is 6.07 Å². The normalized spacial score (nSPS) is 17.8. The van der Waals surface area contributed by atoms with Gasteiger partial charge in [0.25, 0.3) is 0 Å². The van der Waals surface area contributed by atoms with E-state index in [9.17, 15) is 4.39 Å². The number of benzene rings is 2. The van der Waals surface area contributed by atoms with E-state index in [1.54, 1.807) is 0 Å². The van der Waals surface area contributed by atoms with Gasteiger partial charge < -0.3 is 5.32 Å². The third-order valence-corrected chi connectivity index (χ3v) is 4.68. The summed E-state index contributed by atoms with van der Waals surface area (Å²) in [5.74, 6) is -0.202. The highest BCUT2D eigenvalue weighted by molar-refractivity contribution is 9.10. The third-order valence-electron chi connectivity index (χ3n) is 3.94. The number of nitrogens with one attached hydrogen (secondary N) is 1. The zero-order valence-corrected chi connectivity index (χ0v) is 12.8. The third kappa shape index (κ3) is 3.10. The smallest absolute Gasteiger partial charge is 0.124 e. The van der Waals surface area contributed by atoms with Crippen LogP contribution in [0, 0.1) is 5.82 Å². The first-order valence-corrected chi connectivity index (χ1v) is 7.76. The van der Waals surface area contributed by atoms with E-state index < -0.39 is 0 Å². The summed E-state index contributed by atoms with van der Waals surface area (Å²) in [7, 11) is 0. The van der Waals surface area contributed by atoms with Gasteiger partial charge in [-0.05, 0) is 48.1 Å². The molecule has 0 aromatic heterocycles. The fraction of sp³-hybridized carbons (Fsp3) is 0.294. The highest BCUT2D eigenvalue weighted by atomic mass is 79.9. The molecule has 3 rings (SSSR count). The van der Waals surface area contributed by atoms with Crippen LogP contribution in [-0.4, -0.2) is 6.04 Å². The fourth-order valence-electron chi connectivity index (χ4n) is 2.79. The molecule has 1 aliphatic rings. The molecule has 0 heterocycles. The first-order valence-electron chi connectivity index (χ1n) is 6.96. The molecule has 0 radical (unpaired) electrons. The van der Waals surface area contributed by atoms with Crippen LogP contribution >= 0.6 is 15.9 Å². The molecule has 1 atom stereocenters. The van der Waals surface area contributed by atoms with Gasteiger partial charge in [-0.25, -0.2) is 4.39 Å². The number of rotatable bonds is 3. The van der Waals surface area contributed by atoms with Gasteiger partial charge >= 0.3 is 0 Å². The van der Waals surface area contributed by atoms with Crippen molar-refractivity contribution in [1.29, 1.82) is 0 Å². The molecule has 1 nitrogen and oxygen atoms in total. The van der Waals surface area contributed by atoms with E-state index in [0.29, 0.717) is 6.04 Å². The second-order valence-electron chi connectivity index (χ2n) is 5.33. The molecule has 2 aromatic carbocycles. The summed E-state index contributed by atoms with van der Waals surface area (Å²) in [6.07, 6.45) is 3.38. The molecule has 3 heteroatoms. The van der Waals surface area contributed by atoms with E-state index in [1.165, 1.54) is 23.3 Å². The van der Waals surface area contributed by atoms with Crippen molar-refractivity contribution in [1.82, 2.24) is 5.32 Å². The Balaban J connectivity index is 1.63. The van der Waals surface area contributed by atoms with Crippen molar-refractivity contribution in [2.45, 2.75) is 31.8 Å². The standard InChI is InChI=1S/C17H17BrFN/c18-17-10-15(19)7-5-14(17)11-20-16-8-6-12-3-1-2-4-13(12)9-16/h1-5,7,10,16,20H,6,8-9,11H2. The lowest BCUT2D eigenvalue weighted by atomic mass is 9.88. The minimum Gasteiger partial charge on any atom is -0.310 e. The Kier molecular flexibility index (Phi) is 4.18. The minimum atomic E-state index is -0.202. The van der Waals surface area contributed by atoms with Crippen LogP contribution in [0.2, 0.25) is 0 Å². The SMILES string of the molecule is Fc1ccc(CNC2CCc3ccccc3C2)c(Br)c1. The maximum atomic E-state index is 13.1. The number of fused-ring (bicyclic) bond motifs is 1. The van der Waals surface area contributed by atoms with Crippen molar-refractivity contribution in [2.24, 2.45) is 0 Å². The van der Waals surface area contributed by atoms with Crippen LogP contribution in [0.1, 0.15) is 23.1 Å². The van der Waals surface area contributed by atoms with E-state index in [2.05, 4.69) is 45.5 Å². The molecule has 2 aromatic rings. The predicted molar refractivity (Wildman–Crippen MR) is 83.2 cm³/mol. The topological polar surface area (TPSA) is 12.0 Å². The molecule has 0 aliphatic heterocycles. The van der Waals surface area contributed by atoms with E-state index in [4.69, 9.17) is 0 Å². The molecule has 1 aliphatic carbocycles.